The number of Topliss-reactive ketones (excluding diaryl/α,β-unsaturated/α-hetero) is 1. The molecule has 4 rings (SSSR count). The van der Waals surface area contributed by atoms with E-state index in [1.165, 1.54) is 23.2 Å². The average Bonchev–Trinajstić information content (AvgIpc) is 3.73. The number of rotatable bonds is 4. The summed E-state index contributed by atoms with van der Waals surface area (Å²) in [6.07, 6.45) is 8.38. The highest BCUT2D eigenvalue weighted by Crippen LogP contribution is 2.26. The number of nitrogens with one attached hydrogen (secondary N) is 2. The van der Waals surface area contributed by atoms with Gasteiger partial charge in [0.25, 0.3) is 5.91 Å². The maximum Gasteiger partial charge on any atom is 0.412 e. The third kappa shape index (κ3) is 10.5. The minimum absolute atomic E-state index is 0.0187. The van der Waals surface area contributed by atoms with Crippen LogP contribution in [0.2, 0.25) is 0 Å². The summed E-state index contributed by atoms with van der Waals surface area (Å²) in [5, 5.41) is 15.6. The van der Waals surface area contributed by atoms with Gasteiger partial charge in [-0.25, -0.2) is 19.6 Å². The molecule has 0 spiro atoms. The van der Waals surface area contributed by atoms with Gasteiger partial charge >= 0.3 is 12.1 Å². The van der Waals surface area contributed by atoms with E-state index in [4.69, 9.17) is 13.9 Å². The minimum Gasteiger partial charge on any atom is -0.460 e. The zero-order valence-electron chi connectivity index (χ0n) is 27.2. The normalized spacial score (nSPS) is 24.5. The van der Waals surface area contributed by atoms with E-state index in [2.05, 4.69) is 20.6 Å². The molecule has 5 unspecified atom stereocenters. The number of aliphatic hydroxyl groups excluding tert-OH is 1. The van der Waals surface area contributed by atoms with Crippen molar-refractivity contribution < 1.29 is 43.0 Å². The van der Waals surface area contributed by atoms with E-state index in [1.54, 1.807) is 57.2 Å². The highest BCUT2D eigenvalue weighted by molar-refractivity contribution is 5.95. The van der Waals surface area contributed by atoms with Crippen LogP contribution in [0.15, 0.2) is 71.0 Å². The lowest BCUT2D eigenvalue weighted by Crippen LogP contribution is -2.44. The van der Waals surface area contributed by atoms with Gasteiger partial charge in [0.15, 0.2) is 5.69 Å². The Bertz CT molecular complexity index is 1550. The number of pyridine rings is 1. The van der Waals surface area contributed by atoms with Gasteiger partial charge in [-0.3, -0.25) is 19.7 Å². The summed E-state index contributed by atoms with van der Waals surface area (Å²) >= 11 is 0. The van der Waals surface area contributed by atoms with Gasteiger partial charge in [0.05, 0.1) is 19.1 Å². The number of carbonyl (C=O) groups is 5. The van der Waals surface area contributed by atoms with Crippen molar-refractivity contribution in [3.63, 3.8) is 0 Å². The minimum atomic E-state index is -1.05. The molecule has 1 fully saturated rings. The number of aromatic nitrogens is 2. The van der Waals surface area contributed by atoms with E-state index in [0.717, 1.165) is 6.26 Å². The highest BCUT2D eigenvalue weighted by atomic mass is 16.6. The summed E-state index contributed by atoms with van der Waals surface area (Å²) in [7, 11) is 0. The Kier molecular flexibility index (Phi) is 12.8. The van der Waals surface area contributed by atoms with Gasteiger partial charge in [-0.1, -0.05) is 49.8 Å². The van der Waals surface area contributed by atoms with Crippen LogP contribution in [0, 0.1) is 11.8 Å². The van der Waals surface area contributed by atoms with E-state index >= 15 is 0 Å². The van der Waals surface area contributed by atoms with Crippen LogP contribution in [0.25, 0.3) is 0 Å². The summed E-state index contributed by atoms with van der Waals surface area (Å²) in [6, 6.07) is 4.11. The Morgan fingerprint density at radius 3 is 2.81 bits per heavy atom. The Balaban J connectivity index is 1.54. The van der Waals surface area contributed by atoms with Crippen LogP contribution >= 0.6 is 0 Å². The summed E-state index contributed by atoms with van der Waals surface area (Å²) in [4.78, 5) is 74.2. The molecular weight excluding hydrogens is 622 g/mol. The zero-order valence-corrected chi connectivity index (χ0v) is 27.2. The second-order valence-corrected chi connectivity index (χ2v) is 11.9. The highest BCUT2D eigenvalue weighted by Gasteiger charge is 2.39. The molecule has 3 N–H and O–H groups in total. The average molecular weight is 664 g/mol. The van der Waals surface area contributed by atoms with Gasteiger partial charge in [-0.2, -0.15) is 0 Å². The number of oxazole rings is 1. The molecule has 1 saturated heterocycles. The molecule has 4 heterocycles. The maximum absolute atomic E-state index is 13.6. The van der Waals surface area contributed by atoms with Gasteiger partial charge in [-0.05, 0) is 38.0 Å². The van der Waals surface area contributed by atoms with Crippen molar-refractivity contribution in [3.8, 4) is 0 Å². The molecule has 0 radical (unpaired) electrons. The molecule has 0 aliphatic carbocycles. The number of carbonyl (C=O) groups excluding carboxylic acids is 5. The Morgan fingerprint density at radius 1 is 1.23 bits per heavy atom. The second kappa shape index (κ2) is 17.2. The number of aliphatic hydroxyl groups is 1. The fourth-order valence-electron chi connectivity index (χ4n) is 5.43. The standard InChI is InChI=1S/C34H41N5O9/c1-21-8-6-14-36-29(42)12-11-22(2)31(23(3)19-47-34(45)38-28-10-4-5-13-35-28)48-33(44)27-9-7-15-39(27)32(43)26-20-46-30(37-26)18-25(41)17-24(40)16-21/h4-6,8,10-13,16,20,22-24,27,31,40H,7,9,14-15,17-19H2,1-3H3,(H,36,42)(H,35,38,45)/b8-6?,12-11+,21-16?. The summed E-state index contributed by atoms with van der Waals surface area (Å²) in [5.41, 5.74) is 0.628. The summed E-state index contributed by atoms with van der Waals surface area (Å²) in [5.74, 6) is -2.63. The first-order valence-corrected chi connectivity index (χ1v) is 15.8. The van der Waals surface area contributed by atoms with Crippen LogP contribution in [0.3, 0.4) is 0 Å². The number of anilines is 1. The molecule has 3 amide bonds. The predicted octanol–water partition coefficient (Wildman–Crippen LogP) is 3.16. The van der Waals surface area contributed by atoms with Crippen molar-refractivity contribution in [3.05, 3.63) is 78.2 Å². The number of ketones is 1. The SMILES string of the molecule is CC1=CC(O)CC(=O)Cc2nc(co2)C(=O)N2CCCC2C(=O)OC(C(C)COC(=O)Nc2ccccn2)C(C)/C=C/C(=O)NCC=C1. The fourth-order valence-corrected chi connectivity index (χ4v) is 5.43. The van der Waals surface area contributed by atoms with Crippen molar-refractivity contribution >= 4 is 35.5 Å². The van der Waals surface area contributed by atoms with Crippen LogP contribution < -0.4 is 10.6 Å². The lowest BCUT2D eigenvalue weighted by Gasteiger charge is -2.30. The third-order valence-corrected chi connectivity index (χ3v) is 7.83. The number of amides is 3. The van der Waals surface area contributed by atoms with E-state index in [0.29, 0.717) is 24.2 Å². The first kappa shape index (κ1) is 35.7. The van der Waals surface area contributed by atoms with Gasteiger partial charge < -0.3 is 29.2 Å². The number of hydrogen-bond acceptors (Lipinski definition) is 11. The van der Waals surface area contributed by atoms with Crippen LogP contribution in [0.4, 0.5) is 10.6 Å². The number of cyclic esters (lactones) is 1. The summed E-state index contributed by atoms with van der Waals surface area (Å²) in [6.45, 7) is 5.61. The van der Waals surface area contributed by atoms with Crippen molar-refractivity contribution in [2.24, 2.45) is 11.8 Å². The molecule has 0 aromatic carbocycles. The largest absolute Gasteiger partial charge is 0.460 e. The molecular formula is C34H41N5O9. The lowest BCUT2D eigenvalue weighted by molar-refractivity contribution is -0.159. The molecule has 256 valence electrons. The zero-order chi connectivity index (χ0) is 34.6. The maximum atomic E-state index is 13.6. The molecule has 48 heavy (non-hydrogen) atoms. The van der Waals surface area contributed by atoms with Crippen LogP contribution in [0.1, 0.15) is 56.4 Å². The van der Waals surface area contributed by atoms with Crippen LogP contribution in [-0.2, 0) is 30.3 Å². The third-order valence-electron chi connectivity index (χ3n) is 7.83. The quantitative estimate of drug-likeness (QED) is 0.408. The van der Waals surface area contributed by atoms with Gasteiger partial charge in [0, 0.05) is 37.5 Å². The van der Waals surface area contributed by atoms with Gasteiger partial charge in [-0.15, -0.1) is 0 Å². The predicted molar refractivity (Wildman–Crippen MR) is 172 cm³/mol. The van der Waals surface area contributed by atoms with E-state index in [1.807, 2.05) is 0 Å². The van der Waals surface area contributed by atoms with Gasteiger partial charge in [0.2, 0.25) is 11.8 Å². The summed E-state index contributed by atoms with van der Waals surface area (Å²) < 4.78 is 16.8. The number of hydrogen-bond donors (Lipinski definition) is 3. The Labute approximate surface area is 278 Å². The first-order chi connectivity index (χ1) is 23.0. The molecule has 2 aromatic rings. The Hall–Kier alpha value is -5.11. The molecule has 2 aliphatic rings. The van der Waals surface area contributed by atoms with Crippen LogP contribution in [0.5, 0.6) is 0 Å². The molecule has 5 atom stereocenters. The lowest BCUT2D eigenvalue weighted by atomic mass is 9.93. The first-order valence-electron chi connectivity index (χ1n) is 15.8. The van der Waals surface area contributed by atoms with E-state index in [-0.39, 0.29) is 55.8 Å². The number of allylic oxidation sites excluding steroid dienone is 2. The Morgan fingerprint density at radius 2 is 2.04 bits per heavy atom. The molecule has 2 bridgehead atoms. The molecule has 14 nitrogen and oxygen atoms in total. The molecule has 14 heteroatoms. The van der Waals surface area contributed by atoms with Crippen LogP contribution in [-0.4, -0.2) is 87.6 Å². The smallest absolute Gasteiger partial charge is 0.412 e. The molecule has 0 saturated carbocycles. The van der Waals surface area contributed by atoms with Crippen molar-refractivity contribution in [1.82, 2.24) is 20.2 Å². The number of fused-ring (bicyclic) bond motifs is 3. The van der Waals surface area contributed by atoms with Crippen molar-refractivity contribution in [2.45, 2.75) is 64.7 Å². The van der Waals surface area contributed by atoms with E-state index in [9.17, 15) is 29.1 Å². The molecule has 2 aliphatic heterocycles. The number of nitrogens with zero attached hydrogens (tertiary/aromatic N) is 3. The number of ether oxygens (including phenoxy) is 2. The monoisotopic (exact) mass is 663 g/mol. The number of esters is 1. The molecule has 2 aromatic heterocycles. The fraction of sp³-hybridized carbons (Fsp3) is 0.441. The van der Waals surface area contributed by atoms with Crippen molar-refractivity contribution in [1.29, 1.82) is 0 Å². The van der Waals surface area contributed by atoms with E-state index < -0.39 is 48.1 Å². The second-order valence-electron chi connectivity index (χ2n) is 11.9. The topological polar surface area (TPSA) is 190 Å². The van der Waals surface area contributed by atoms with Gasteiger partial charge in [0.1, 0.15) is 30.0 Å². The van der Waals surface area contributed by atoms with Crippen molar-refractivity contribution in [2.75, 3.05) is 25.0 Å².